The molecule has 0 bridgehead atoms. The lowest BCUT2D eigenvalue weighted by atomic mass is 10.1. The van der Waals surface area contributed by atoms with Gasteiger partial charge in [0.2, 0.25) is 5.91 Å². The molecular weight excluding hydrogens is 423 g/mol. The van der Waals surface area contributed by atoms with Crippen molar-refractivity contribution in [2.24, 2.45) is 0 Å². The number of phenols is 1. The first-order chi connectivity index (χ1) is 14.9. The maximum absolute atomic E-state index is 14.1. The van der Waals surface area contributed by atoms with Crippen LogP contribution in [0.5, 0.6) is 11.5 Å². The van der Waals surface area contributed by atoms with Crippen LogP contribution in [0.2, 0.25) is 0 Å². The van der Waals surface area contributed by atoms with Gasteiger partial charge in [-0.15, -0.1) is 11.3 Å². The molecular formula is C22H21FN2O5S. The molecule has 2 aromatic carbocycles. The Kier molecular flexibility index (Phi) is 7.19. The molecule has 1 amide bonds. The summed E-state index contributed by atoms with van der Waals surface area (Å²) in [5, 5.41) is 11.7. The Morgan fingerprint density at radius 3 is 2.68 bits per heavy atom. The average Bonchev–Trinajstić information content (AvgIpc) is 3.20. The molecule has 1 aromatic heterocycles. The molecule has 7 nitrogen and oxygen atoms in total. The van der Waals surface area contributed by atoms with Gasteiger partial charge in [-0.05, 0) is 36.2 Å². The van der Waals surface area contributed by atoms with Crippen LogP contribution in [0.3, 0.4) is 0 Å². The van der Waals surface area contributed by atoms with Crippen LogP contribution >= 0.6 is 11.3 Å². The number of nitrogens with zero attached hydrogens (tertiary/aromatic N) is 2. The molecule has 0 saturated carbocycles. The Morgan fingerprint density at radius 2 is 2.00 bits per heavy atom. The van der Waals surface area contributed by atoms with Gasteiger partial charge in [0.15, 0.2) is 16.6 Å². The zero-order valence-corrected chi connectivity index (χ0v) is 17.8. The number of ether oxygens (including phenoxy) is 2. The summed E-state index contributed by atoms with van der Waals surface area (Å²) < 4.78 is 24.4. The number of aryl methyl sites for hydroxylation is 1. The average molecular weight is 444 g/mol. The van der Waals surface area contributed by atoms with E-state index in [-0.39, 0.29) is 35.5 Å². The fourth-order valence-corrected chi connectivity index (χ4v) is 3.73. The minimum absolute atomic E-state index is 0.00764. The minimum Gasteiger partial charge on any atom is -0.504 e. The summed E-state index contributed by atoms with van der Waals surface area (Å²) in [5.74, 6) is -0.979. The van der Waals surface area contributed by atoms with Crippen molar-refractivity contribution >= 4 is 34.0 Å². The molecule has 1 N–H and O–H groups in total. The Balaban J connectivity index is 1.58. The van der Waals surface area contributed by atoms with Crippen molar-refractivity contribution in [1.29, 1.82) is 0 Å². The van der Waals surface area contributed by atoms with E-state index in [0.717, 1.165) is 16.9 Å². The molecule has 0 spiro atoms. The van der Waals surface area contributed by atoms with E-state index < -0.39 is 11.8 Å². The highest BCUT2D eigenvalue weighted by Crippen LogP contribution is 2.31. The fourth-order valence-electron chi connectivity index (χ4n) is 2.87. The summed E-state index contributed by atoms with van der Waals surface area (Å²) in [6, 6.07) is 10.9. The lowest BCUT2D eigenvalue weighted by Crippen LogP contribution is -2.23. The Bertz CT molecular complexity index is 1090. The number of aromatic nitrogens is 1. The van der Waals surface area contributed by atoms with Crippen LogP contribution in [-0.4, -0.2) is 29.1 Å². The summed E-state index contributed by atoms with van der Waals surface area (Å²) in [6.45, 7) is 1.26. The van der Waals surface area contributed by atoms with E-state index in [1.165, 1.54) is 43.2 Å². The molecule has 0 unspecified atom stereocenters. The molecule has 0 fully saturated rings. The largest absolute Gasteiger partial charge is 0.504 e. The lowest BCUT2D eigenvalue weighted by molar-refractivity contribution is -0.145. The number of amides is 1. The maximum Gasteiger partial charge on any atom is 0.306 e. The topological polar surface area (TPSA) is 89.0 Å². The number of esters is 1. The first-order valence-electron chi connectivity index (χ1n) is 9.40. The van der Waals surface area contributed by atoms with E-state index >= 15 is 0 Å². The number of methoxy groups -OCH3 is 1. The summed E-state index contributed by atoms with van der Waals surface area (Å²) in [5.41, 5.74) is 1.34. The number of benzene rings is 2. The third-order valence-corrected chi connectivity index (χ3v) is 5.26. The van der Waals surface area contributed by atoms with E-state index in [1.807, 2.05) is 0 Å². The number of hydrogen-bond donors (Lipinski definition) is 1. The molecule has 0 atom stereocenters. The number of carbonyl (C=O) groups is 2. The monoisotopic (exact) mass is 444 g/mol. The van der Waals surface area contributed by atoms with Crippen molar-refractivity contribution in [2.75, 3.05) is 12.0 Å². The highest BCUT2D eigenvalue weighted by Gasteiger charge is 2.21. The Labute approximate surface area is 182 Å². The van der Waals surface area contributed by atoms with Crippen molar-refractivity contribution in [2.45, 2.75) is 26.4 Å². The van der Waals surface area contributed by atoms with Gasteiger partial charge in [0.05, 0.1) is 18.5 Å². The zero-order valence-electron chi connectivity index (χ0n) is 17.0. The van der Waals surface area contributed by atoms with Crippen molar-refractivity contribution in [3.8, 4) is 11.5 Å². The number of rotatable bonds is 8. The van der Waals surface area contributed by atoms with E-state index in [2.05, 4.69) is 4.98 Å². The van der Waals surface area contributed by atoms with Crippen LogP contribution in [0.15, 0.2) is 47.8 Å². The summed E-state index contributed by atoms with van der Waals surface area (Å²) >= 11 is 1.15. The van der Waals surface area contributed by atoms with E-state index in [1.54, 1.807) is 23.6 Å². The van der Waals surface area contributed by atoms with Crippen LogP contribution in [-0.2, 0) is 27.4 Å². The number of aromatic hydroxyl groups is 1. The molecule has 3 aromatic rings. The number of para-hydroxylation sites is 1. The normalized spacial score (nSPS) is 10.5. The van der Waals surface area contributed by atoms with E-state index in [4.69, 9.17) is 9.47 Å². The number of halogens is 1. The molecule has 3 rings (SSSR count). The van der Waals surface area contributed by atoms with Gasteiger partial charge in [-0.2, -0.15) is 0 Å². The van der Waals surface area contributed by atoms with Gasteiger partial charge in [0.1, 0.15) is 12.4 Å². The van der Waals surface area contributed by atoms with Gasteiger partial charge in [-0.1, -0.05) is 18.2 Å². The summed E-state index contributed by atoms with van der Waals surface area (Å²) in [6.07, 6.45) is 0.516. The number of anilines is 2. The first-order valence-corrected chi connectivity index (χ1v) is 10.3. The van der Waals surface area contributed by atoms with Gasteiger partial charge in [-0.25, -0.2) is 9.37 Å². The number of carbonyl (C=O) groups excluding carboxylic acids is 2. The smallest absolute Gasteiger partial charge is 0.306 e. The summed E-state index contributed by atoms with van der Waals surface area (Å²) in [7, 11) is 1.46. The number of phenolic OH excluding ortho intramolecular Hbond substituents is 1. The quantitative estimate of drug-likeness (QED) is 0.520. The van der Waals surface area contributed by atoms with Gasteiger partial charge in [-0.3, -0.25) is 14.5 Å². The van der Waals surface area contributed by atoms with Gasteiger partial charge in [0.25, 0.3) is 0 Å². The van der Waals surface area contributed by atoms with Crippen LogP contribution in [0.25, 0.3) is 0 Å². The number of thiazole rings is 1. The molecule has 0 saturated heterocycles. The van der Waals surface area contributed by atoms with Gasteiger partial charge >= 0.3 is 5.97 Å². The standard InChI is InChI=1S/C22H21FN2O5S/c1-14(26)25(18-6-4-3-5-17(18)23)22-24-16(13-31-22)12-30-21(28)10-8-15-7-9-20(29-2)19(27)11-15/h3-7,9,11,13,27H,8,10,12H2,1-2H3. The third-order valence-electron chi connectivity index (χ3n) is 4.38. The predicted octanol–water partition coefficient (Wildman–Crippen LogP) is 4.36. The SMILES string of the molecule is COc1ccc(CCC(=O)OCc2csc(N(C(C)=O)c3ccccc3F)n2)cc1O. The number of hydrogen-bond acceptors (Lipinski definition) is 7. The minimum atomic E-state index is -0.537. The van der Waals surface area contributed by atoms with Crippen LogP contribution in [0.1, 0.15) is 24.6 Å². The van der Waals surface area contributed by atoms with Crippen LogP contribution < -0.4 is 9.64 Å². The summed E-state index contributed by atoms with van der Waals surface area (Å²) in [4.78, 5) is 29.6. The van der Waals surface area contributed by atoms with Crippen molar-refractivity contribution in [3.63, 3.8) is 0 Å². The van der Waals surface area contributed by atoms with Crippen LogP contribution in [0, 0.1) is 5.82 Å². The zero-order chi connectivity index (χ0) is 22.4. The molecule has 162 valence electrons. The highest BCUT2D eigenvalue weighted by molar-refractivity contribution is 7.14. The Morgan fingerprint density at radius 1 is 1.23 bits per heavy atom. The van der Waals surface area contributed by atoms with Crippen molar-refractivity contribution in [1.82, 2.24) is 4.98 Å². The molecule has 0 radical (unpaired) electrons. The van der Waals surface area contributed by atoms with Crippen LogP contribution in [0.4, 0.5) is 15.2 Å². The molecule has 0 aliphatic carbocycles. The second kappa shape index (κ2) is 10.0. The van der Waals surface area contributed by atoms with Gasteiger partial charge in [0, 0.05) is 18.7 Å². The Hall–Kier alpha value is -3.46. The molecule has 31 heavy (non-hydrogen) atoms. The molecule has 0 aliphatic rings. The maximum atomic E-state index is 14.1. The molecule has 1 heterocycles. The first kappa shape index (κ1) is 22.2. The van der Waals surface area contributed by atoms with E-state index in [0.29, 0.717) is 17.9 Å². The lowest BCUT2D eigenvalue weighted by Gasteiger charge is -2.18. The van der Waals surface area contributed by atoms with Crippen molar-refractivity contribution in [3.05, 3.63) is 64.9 Å². The van der Waals surface area contributed by atoms with Gasteiger partial charge < -0.3 is 14.6 Å². The second-order valence-electron chi connectivity index (χ2n) is 6.59. The highest BCUT2D eigenvalue weighted by atomic mass is 32.1. The fraction of sp³-hybridized carbons (Fsp3) is 0.227. The predicted molar refractivity (Wildman–Crippen MR) is 114 cm³/mol. The van der Waals surface area contributed by atoms with Crippen molar-refractivity contribution < 1.29 is 28.6 Å². The van der Waals surface area contributed by atoms with E-state index in [9.17, 15) is 19.1 Å². The second-order valence-corrected chi connectivity index (χ2v) is 7.43. The third kappa shape index (κ3) is 5.58. The molecule has 9 heteroatoms. The molecule has 0 aliphatic heterocycles.